The van der Waals surface area contributed by atoms with Crippen LogP contribution in [0.1, 0.15) is 25.7 Å². The van der Waals surface area contributed by atoms with Gasteiger partial charge in [-0.25, -0.2) is 0 Å². The van der Waals surface area contributed by atoms with E-state index in [0.717, 1.165) is 34.9 Å². The van der Waals surface area contributed by atoms with Gasteiger partial charge in [-0.15, -0.1) is 0 Å². The summed E-state index contributed by atoms with van der Waals surface area (Å²) < 4.78 is 0.828. The molecule has 0 saturated heterocycles. The maximum atomic E-state index is 11.1. The van der Waals surface area contributed by atoms with E-state index < -0.39 is 4.92 Å². The fourth-order valence-electron chi connectivity index (χ4n) is 2.48. The monoisotopic (exact) mass is 389 g/mol. The van der Waals surface area contributed by atoms with Crippen molar-refractivity contribution in [3.8, 4) is 0 Å². The Kier molecular flexibility index (Phi) is 4.79. The van der Waals surface area contributed by atoms with E-state index in [0.29, 0.717) is 6.04 Å². The zero-order chi connectivity index (χ0) is 14.7. The van der Waals surface area contributed by atoms with Crippen LogP contribution in [0.25, 0.3) is 0 Å². The highest BCUT2D eigenvalue weighted by atomic mass is 127. The standard InChI is InChI=1S/C13H16IN3O3/c14-11-7-10(17(19)20)5-6-12(11)16-9-3-1-8(2-4-9)13(15)18/h5-9,16H,1-4H2,(H2,15,18). The first-order valence-corrected chi connectivity index (χ1v) is 7.55. The molecule has 0 atom stereocenters. The molecule has 1 amide bonds. The van der Waals surface area contributed by atoms with Crippen LogP contribution in [-0.4, -0.2) is 16.9 Å². The number of nitrogens with one attached hydrogen (secondary N) is 1. The fraction of sp³-hybridized carbons (Fsp3) is 0.462. The number of primary amides is 1. The highest BCUT2D eigenvalue weighted by Crippen LogP contribution is 2.29. The summed E-state index contributed by atoms with van der Waals surface area (Å²) in [5.41, 5.74) is 6.31. The topological polar surface area (TPSA) is 98.3 Å². The van der Waals surface area contributed by atoms with Crippen LogP contribution in [0.3, 0.4) is 0 Å². The average molecular weight is 389 g/mol. The van der Waals surface area contributed by atoms with Crippen molar-refractivity contribution >= 4 is 39.9 Å². The van der Waals surface area contributed by atoms with Crippen molar-refractivity contribution in [2.75, 3.05) is 5.32 Å². The Bertz CT molecular complexity index is 528. The molecule has 0 radical (unpaired) electrons. The van der Waals surface area contributed by atoms with Crippen molar-refractivity contribution < 1.29 is 9.72 Å². The molecular weight excluding hydrogens is 373 g/mol. The third-order valence-electron chi connectivity index (χ3n) is 3.65. The lowest BCUT2D eigenvalue weighted by Gasteiger charge is -2.28. The molecule has 3 N–H and O–H groups in total. The van der Waals surface area contributed by atoms with Crippen LogP contribution >= 0.6 is 22.6 Å². The van der Waals surface area contributed by atoms with Gasteiger partial charge >= 0.3 is 0 Å². The molecule has 1 saturated carbocycles. The number of halogens is 1. The van der Waals surface area contributed by atoms with Gasteiger partial charge in [-0.3, -0.25) is 14.9 Å². The summed E-state index contributed by atoms with van der Waals surface area (Å²) in [6.07, 6.45) is 3.38. The van der Waals surface area contributed by atoms with Crippen LogP contribution in [-0.2, 0) is 4.79 Å². The number of nitrogens with zero attached hydrogens (tertiary/aromatic N) is 1. The average Bonchev–Trinajstić information content (AvgIpc) is 2.41. The Morgan fingerprint density at radius 1 is 1.35 bits per heavy atom. The van der Waals surface area contributed by atoms with Gasteiger partial charge in [0.1, 0.15) is 0 Å². The van der Waals surface area contributed by atoms with Gasteiger partial charge < -0.3 is 11.1 Å². The molecule has 1 aliphatic carbocycles. The molecule has 20 heavy (non-hydrogen) atoms. The molecular formula is C13H16IN3O3. The minimum atomic E-state index is -0.399. The van der Waals surface area contributed by atoms with Gasteiger partial charge in [0.2, 0.25) is 5.91 Å². The first-order valence-electron chi connectivity index (χ1n) is 6.47. The molecule has 108 valence electrons. The molecule has 0 aliphatic heterocycles. The second-order valence-corrected chi connectivity index (χ2v) is 6.18. The first-order chi connectivity index (χ1) is 9.47. The first kappa shape index (κ1) is 15.0. The number of amides is 1. The normalized spacial score (nSPS) is 22.2. The van der Waals surface area contributed by atoms with Crippen molar-refractivity contribution in [3.63, 3.8) is 0 Å². The second-order valence-electron chi connectivity index (χ2n) is 5.02. The molecule has 6 nitrogen and oxygen atoms in total. The molecule has 2 rings (SSSR count). The Labute approximate surface area is 130 Å². The third-order valence-corrected chi connectivity index (χ3v) is 4.55. The maximum absolute atomic E-state index is 11.1. The summed E-state index contributed by atoms with van der Waals surface area (Å²) in [6, 6.07) is 5.08. The smallest absolute Gasteiger partial charge is 0.270 e. The van der Waals surface area contributed by atoms with E-state index in [2.05, 4.69) is 27.9 Å². The van der Waals surface area contributed by atoms with E-state index in [1.807, 2.05) is 0 Å². The van der Waals surface area contributed by atoms with Gasteiger partial charge in [0.25, 0.3) is 5.69 Å². The van der Waals surface area contributed by atoms with Crippen LogP contribution in [0.15, 0.2) is 18.2 Å². The molecule has 0 aromatic heterocycles. The number of hydrogen-bond acceptors (Lipinski definition) is 4. The molecule has 1 aromatic carbocycles. The maximum Gasteiger partial charge on any atom is 0.270 e. The summed E-state index contributed by atoms with van der Waals surface area (Å²) in [5, 5.41) is 14.1. The van der Waals surface area contributed by atoms with Crippen molar-refractivity contribution in [1.82, 2.24) is 0 Å². The number of hydrogen-bond donors (Lipinski definition) is 2. The summed E-state index contributed by atoms with van der Waals surface area (Å²) >= 11 is 2.09. The molecule has 7 heteroatoms. The zero-order valence-corrected chi connectivity index (χ0v) is 13.0. The Morgan fingerprint density at radius 3 is 2.50 bits per heavy atom. The number of carbonyl (C=O) groups is 1. The lowest BCUT2D eigenvalue weighted by molar-refractivity contribution is -0.384. The van der Waals surface area contributed by atoms with Crippen LogP contribution in [0, 0.1) is 19.6 Å². The number of benzene rings is 1. The molecule has 0 spiro atoms. The highest BCUT2D eigenvalue weighted by Gasteiger charge is 2.25. The number of non-ortho nitro benzene ring substituents is 1. The number of nitro groups is 1. The number of carbonyl (C=O) groups excluding carboxylic acids is 1. The number of rotatable bonds is 4. The highest BCUT2D eigenvalue weighted by molar-refractivity contribution is 14.1. The van der Waals surface area contributed by atoms with Crippen molar-refractivity contribution in [3.05, 3.63) is 31.9 Å². The summed E-state index contributed by atoms with van der Waals surface area (Å²) in [4.78, 5) is 21.4. The molecule has 0 bridgehead atoms. The predicted molar refractivity (Wildman–Crippen MR) is 84.4 cm³/mol. The van der Waals surface area contributed by atoms with Gasteiger partial charge in [-0.1, -0.05) is 0 Å². The molecule has 0 unspecified atom stereocenters. The van der Waals surface area contributed by atoms with E-state index in [9.17, 15) is 14.9 Å². The third kappa shape index (κ3) is 3.59. The van der Waals surface area contributed by atoms with Crippen LogP contribution < -0.4 is 11.1 Å². The fourth-order valence-corrected chi connectivity index (χ4v) is 3.13. The minimum Gasteiger partial charge on any atom is -0.381 e. The van der Waals surface area contributed by atoms with E-state index in [1.165, 1.54) is 6.07 Å². The number of nitrogens with two attached hydrogens (primary N) is 1. The van der Waals surface area contributed by atoms with Crippen LogP contribution in [0.5, 0.6) is 0 Å². The zero-order valence-electron chi connectivity index (χ0n) is 10.8. The quantitative estimate of drug-likeness (QED) is 0.470. The van der Waals surface area contributed by atoms with Crippen LogP contribution in [0.2, 0.25) is 0 Å². The Balaban J connectivity index is 1.98. The molecule has 1 aliphatic rings. The van der Waals surface area contributed by atoms with E-state index in [4.69, 9.17) is 5.73 Å². The van der Waals surface area contributed by atoms with Crippen molar-refractivity contribution in [2.45, 2.75) is 31.7 Å². The SMILES string of the molecule is NC(=O)C1CCC(Nc2ccc([N+](=O)[O-])cc2I)CC1. The van der Waals surface area contributed by atoms with Crippen molar-refractivity contribution in [1.29, 1.82) is 0 Å². The number of nitro benzene ring substituents is 1. The summed E-state index contributed by atoms with van der Waals surface area (Å²) in [6.45, 7) is 0. The second kappa shape index (κ2) is 6.38. The van der Waals surface area contributed by atoms with Gasteiger partial charge in [-0.05, 0) is 54.3 Å². The van der Waals surface area contributed by atoms with Crippen molar-refractivity contribution in [2.24, 2.45) is 11.7 Å². The molecule has 1 aromatic rings. The largest absolute Gasteiger partial charge is 0.381 e. The van der Waals surface area contributed by atoms with E-state index >= 15 is 0 Å². The van der Waals surface area contributed by atoms with E-state index in [1.54, 1.807) is 12.1 Å². The Hall–Kier alpha value is -1.38. The summed E-state index contributed by atoms with van der Waals surface area (Å²) in [7, 11) is 0. The summed E-state index contributed by atoms with van der Waals surface area (Å²) in [5.74, 6) is -0.225. The van der Waals surface area contributed by atoms with Crippen LogP contribution in [0.4, 0.5) is 11.4 Å². The Morgan fingerprint density at radius 2 is 2.00 bits per heavy atom. The lowest BCUT2D eigenvalue weighted by atomic mass is 9.85. The van der Waals surface area contributed by atoms with E-state index in [-0.39, 0.29) is 17.5 Å². The van der Waals surface area contributed by atoms with Gasteiger partial charge in [-0.2, -0.15) is 0 Å². The predicted octanol–water partition coefficient (Wildman–Crippen LogP) is 2.66. The minimum absolute atomic E-state index is 0.0102. The van der Waals surface area contributed by atoms with Gasteiger partial charge in [0, 0.05) is 33.4 Å². The lowest BCUT2D eigenvalue weighted by Crippen LogP contribution is -2.32. The number of anilines is 1. The molecule has 0 heterocycles. The van der Waals surface area contributed by atoms with Gasteiger partial charge in [0.15, 0.2) is 0 Å². The molecule has 1 fully saturated rings. The van der Waals surface area contributed by atoms with Gasteiger partial charge in [0.05, 0.1) is 4.92 Å².